The van der Waals surface area contributed by atoms with Crippen molar-refractivity contribution in [1.82, 2.24) is 5.32 Å². The number of hydrogen-bond acceptors (Lipinski definition) is 2. The first-order valence-electron chi connectivity index (χ1n) is 8.23. The summed E-state index contributed by atoms with van der Waals surface area (Å²) < 4.78 is 0. The topological polar surface area (TPSA) is 55.1 Å². The van der Waals surface area contributed by atoms with Gasteiger partial charge < -0.3 is 11.1 Å². The largest absolute Gasteiger partial charge is 0.353 e. The third-order valence-corrected chi connectivity index (χ3v) is 5.51. The van der Waals surface area contributed by atoms with E-state index in [1.54, 1.807) is 0 Å². The van der Waals surface area contributed by atoms with Crippen LogP contribution in [0.4, 0.5) is 0 Å². The standard InChI is InChI=1S/C18H26N2O/c1-12(17-9-13-6-7-15(17)8-13)20-18(21)10-14-4-2-3-5-16(14)11-19/h2-5,12-13,15,17H,6-11,19H2,1H3,(H,20,21). The minimum atomic E-state index is 0.131. The third-order valence-electron chi connectivity index (χ3n) is 5.51. The Hall–Kier alpha value is -1.35. The maximum atomic E-state index is 12.3. The van der Waals surface area contributed by atoms with Gasteiger partial charge in [-0.3, -0.25) is 4.79 Å². The molecule has 0 radical (unpaired) electrons. The Balaban J connectivity index is 1.56. The second kappa shape index (κ2) is 6.18. The lowest BCUT2D eigenvalue weighted by Gasteiger charge is -2.28. The average molecular weight is 286 g/mol. The van der Waals surface area contributed by atoms with Crippen LogP contribution in [0.5, 0.6) is 0 Å². The minimum Gasteiger partial charge on any atom is -0.353 e. The van der Waals surface area contributed by atoms with Gasteiger partial charge in [-0.05, 0) is 55.1 Å². The van der Waals surface area contributed by atoms with Gasteiger partial charge in [-0.2, -0.15) is 0 Å². The van der Waals surface area contributed by atoms with Crippen molar-refractivity contribution in [2.45, 2.75) is 51.6 Å². The zero-order valence-corrected chi connectivity index (χ0v) is 12.8. The maximum Gasteiger partial charge on any atom is 0.224 e. The zero-order chi connectivity index (χ0) is 14.8. The number of amides is 1. The van der Waals surface area contributed by atoms with Gasteiger partial charge in [0.2, 0.25) is 5.91 Å². The Morgan fingerprint density at radius 1 is 1.29 bits per heavy atom. The van der Waals surface area contributed by atoms with Crippen molar-refractivity contribution in [1.29, 1.82) is 0 Å². The second-order valence-corrected chi connectivity index (χ2v) is 6.84. The summed E-state index contributed by atoms with van der Waals surface area (Å²) in [6, 6.07) is 8.26. The molecule has 2 aliphatic carbocycles. The summed E-state index contributed by atoms with van der Waals surface area (Å²) in [7, 11) is 0. The van der Waals surface area contributed by atoms with E-state index in [1.807, 2.05) is 24.3 Å². The molecule has 0 heterocycles. The molecule has 2 saturated carbocycles. The van der Waals surface area contributed by atoms with Crippen molar-refractivity contribution in [3.05, 3.63) is 35.4 Å². The Morgan fingerprint density at radius 2 is 2.05 bits per heavy atom. The molecule has 2 bridgehead atoms. The molecule has 0 saturated heterocycles. The van der Waals surface area contributed by atoms with E-state index in [1.165, 1.54) is 25.7 Å². The van der Waals surface area contributed by atoms with E-state index in [0.717, 1.165) is 23.0 Å². The molecule has 2 fully saturated rings. The van der Waals surface area contributed by atoms with Crippen LogP contribution in [0.15, 0.2) is 24.3 Å². The molecular weight excluding hydrogens is 260 g/mol. The molecule has 1 amide bonds. The quantitative estimate of drug-likeness (QED) is 0.874. The Morgan fingerprint density at radius 3 is 2.67 bits per heavy atom. The van der Waals surface area contributed by atoms with Gasteiger partial charge in [-0.25, -0.2) is 0 Å². The van der Waals surface area contributed by atoms with E-state index in [-0.39, 0.29) is 5.91 Å². The van der Waals surface area contributed by atoms with Crippen molar-refractivity contribution in [2.24, 2.45) is 23.5 Å². The van der Waals surface area contributed by atoms with Gasteiger partial charge in [0.15, 0.2) is 0 Å². The van der Waals surface area contributed by atoms with Crippen LogP contribution in [-0.4, -0.2) is 11.9 Å². The summed E-state index contributed by atoms with van der Waals surface area (Å²) in [6.45, 7) is 2.67. The van der Waals surface area contributed by atoms with Crippen LogP contribution in [0, 0.1) is 17.8 Å². The summed E-state index contributed by atoms with van der Waals surface area (Å²) >= 11 is 0. The van der Waals surface area contributed by atoms with Crippen molar-refractivity contribution in [3.8, 4) is 0 Å². The van der Waals surface area contributed by atoms with Crippen LogP contribution in [0.3, 0.4) is 0 Å². The molecule has 1 aromatic rings. The van der Waals surface area contributed by atoms with E-state index in [2.05, 4.69) is 12.2 Å². The molecule has 4 unspecified atom stereocenters. The SMILES string of the molecule is CC(NC(=O)Cc1ccccc1CN)C1CC2CCC1C2. The highest BCUT2D eigenvalue weighted by molar-refractivity contribution is 5.79. The number of fused-ring (bicyclic) bond motifs is 2. The monoisotopic (exact) mass is 286 g/mol. The van der Waals surface area contributed by atoms with Gasteiger partial charge in [0.05, 0.1) is 6.42 Å². The Bertz CT molecular complexity index is 514. The molecule has 0 aliphatic heterocycles. The first-order valence-corrected chi connectivity index (χ1v) is 8.23. The normalized spacial score (nSPS) is 28.6. The van der Waals surface area contributed by atoms with Crippen molar-refractivity contribution >= 4 is 5.91 Å². The van der Waals surface area contributed by atoms with Gasteiger partial charge in [0, 0.05) is 12.6 Å². The molecule has 4 atom stereocenters. The van der Waals surface area contributed by atoms with Crippen LogP contribution < -0.4 is 11.1 Å². The summed E-state index contributed by atoms with van der Waals surface area (Å²) in [5.74, 6) is 2.60. The van der Waals surface area contributed by atoms with E-state index in [0.29, 0.717) is 24.9 Å². The molecule has 3 rings (SSSR count). The summed E-state index contributed by atoms with van der Waals surface area (Å²) in [6.07, 6.45) is 5.92. The Labute approximate surface area is 127 Å². The lowest BCUT2D eigenvalue weighted by atomic mass is 9.84. The highest BCUT2D eigenvalue weighted by Crippen LogP contribution is 2.49. The van der Waals surface area contributed by atoms with Crippen molar-refractivity contribution < 1.29 is 4.79 Å². The predicted octanol–water partition coefficient (Wildman–Crippen LogP) is 2.63. The maximum absolute atomic E-state index is 12.3. The van der Waals surface area contributed by atoms with Gasteiger partial charge >= 0.3 is 0 Å². The fourth-order valence-corrected chi connectivity index (χ4v) is 4.42. The van der Waals surface area contributed by atoms with Gasteiger partial charge in [0.1, 0.15) is 0 Å². The summed E-state index contributed by atoms with van der Waals surface area (Å²) in [4.78, 5) is 12.3. The van der Waals surface area contributed by atoms with Crippen LogP contribution in [0.25, 0.3) is 0 Å². The van der Waals surface area contributed by atoms with Crippen LogP contribution >= 0.6 is 0 Å². The highest BCUT2D eigenvalue weighted by atomic mass is 16.1. The molecule has 0 aromatic heterocycles. The van der Waals surface area contributed by atoms with E-state index in [4.69, 9.17) is 5.73 Å². The third kappa shape index (κ3) is 3.13. The molecule has 1 aromatic carbocycles. The van der Waals surface area contributed by atoms with Crippen molar-refractivity contribution in [2.75, 3.05) is 0 Å². The van der Waals surface area contributed by atoms with Gasteiger partial charge in [-0.1, -0.05) is 30.7 Å². The minimum absolute atomic E-state index is 0.131. The molecule has 114 valence electrons. The number of carbonyl (C=O) groups excluding carboxylic acids is 1. The number of carbonyl (C=O) groups is 1. The molecule has 0 spiro atoms. The molecule has 3 N–H and O–H groups in total. The lowest BCUT2D eigenvalue weighted by Crippen LogP contribution is -2.40. The fraction of sp³-hybridized carbons (Fsp3) is 0.611. The number of nitrogens with one attached hydrogen (secondary N) is 1. The molecular formula is C18H26N2O. The molecule has 21 heavy (non-hydrogen) atoms. The highest BCUT2D eigenvalue weighted by Gasteiger charge is 2.42. The number of nitrogens with two attached hydrogens (primary N) is 1. The van der Waals surface area contributed by atoms with Crippen LogP contribution in [-0.2, 0) is 17.8 Å². The summed E-state index contributed by atoms with van der Waals surface area (Å²) in [5.41, 5.74) is 7.86. The molecule has 3 nitrogen and oxygen atoms in total. The van der Waals surface area contributed by atoms with Gasteiger partial charge in [-0.15, -0.1) is 0 Å². The smallest absolute Gasteiger partial charge is 0.224 e. The van der Waals surface area contributed by atoms with Gasteiger partial charge in [0.25, 0.3) is 0 Å². The molecule has 3 heteroatoms. The Kier molecular flexibility index (Phi) is 4.29. The lowest BCUT2D eigenvalue weighted by molar-refractivity contribution is -0.121. The predicted molar refractivity (Wildman–Crippen MR) is 84.6 cm³/mol. The van der Waals surface area contributed by atoms with Crippen molar-refractivity contribution in [3.63, 3.8) is 0 Å². The van der Waals surface area contributed by atoms with E-state index < -0.39 is 0 Å². The number of benzene rings is 1. The number of hydrogen-bond donors (Lipinski definition) is 2. The molecule has 2 aliphatic rings. The average Bonchev–Trinajstić information content (AvgIpc) is 3.10. The number of rotatable bonds is 5. The zero-order valence-electron chi connectivity index (χ0n) is 12.8. The van der Waals surface area contributed by atoms with E-state index >= 15 is 0 Å². The van der Waals surface area contributed by atoms with Crippen LogP contribution in [0.1, 0.15) is 43.7 Å². The second-order valence-electron chi connectivity index (χ2n) is 6.84. The first kappa shape index (κ1) is 14.6. The fourth-order valence-electron chi connectivity index (χ4n) is 4.42. The first-order chi connectivity index (χ1) is 10.2. The summed E-state index contributed by atoms with van der Waals surface area (Å²) in [5, 5.41) is 3.23. The van der Waals surface area contributed by atoms with Crippen LogP contribution in [0.2, 0.25) is 0 Å². The van der Waals surface area contributed by atoms with E-state index in [9.17, 15) is 4.79 Å².